The van der Waals surface area contributed by atoms with Crippen LogP contribution in [-0.4, -0.2) is 17.6 Å². The van der Waals surface area contributed by atoms with Crippen molar-refractivity contribution in [2.75, 3.05) is 6.61 Å². The third-order valence-electron chi connectivity index (χ3n) is 2.79. The largest absolute Gasteiger partial charge is 0.465 e. The van der Waals surface area contributed by atoms with Gasteiger partial charge < -0.3 is 4.74 Å². The molecule has 0 aliphatic heterocycles. The predicted molar refractivity (Wildman–Crippen MR) is 87.8 cm³/mol. The minimum absolute atomic E-state index is 0.262. The number of rotatable bonds is 4. The van der Waals surface area contributed by atoms with Crippen molar-refractivity contribution in [3.05, 3.63) is 25.9 Å². The Kier molecular flexibility index (Phi) is 4.89. The first kappa shape index (κ1) is 15.9. The highest BCUT2D eigenvalue weighted by atomic mass is 79.9. The summed E-state index contributed by atoms with van der Waals surface area (Å²) in [5, 5.41) is 2.75. The standard InChI is InChI=1S/C13H13BrClNO2S2/c1-4-18-12(17)13(2,3)9-6-19-11(16-9)8-5-7(14)10(15)20-8/h5-6H,4H2,1-3H3. The Balaban J connectivity index is 2.31. The van der Waals surface area contributed by atoms with Crippen LogP contribution in [0.4, 0.5) is 0 Å². The summed E-state index contributed by atoms with van der Waals surface area (Å²) in [7, 11) is 0. The van der Waals surface area contributed by atoms with Crippen molar-refractivity contribution in [3.8, 4) is 9.88 Å². The van der Waals surface area contributed by atoms with Crippen molar-refractivity contribution >= 4 is 56.2 Å². The van der Waals surface area contributed by atoms with E-state index >= 15 is 0 Å². The number of thiophene rings is 1. The average Bonchev–Trinajstić information content (AvgIpc) is 2.98. The highest BCUT2D eigenvalue weighted by Gasteiger charge is 2.34. The van der Waals surface area contributed by atoms with E-state index in [1.807, 2.05) is 25.3 Å². The van der Waals surface area contributed by atoms with E-state index in [-0.39, 0.29) is 5.97 Å². The Morgan fingerprint density at radius 3 is 2.80 bits per heavy atom. The molecular weight excluding hydrogens is 382 g/mol. The van der Waals surface area contributed by atoms with Gasteiger partial charge in [0.25, 0.3) is 0 Å². The molecule has 0 spiro atoms. The highest BCUT2D eigenvalue weighted by Crippen LogP contribution is 2.40. The van der Waals surface area contributed by atoms with Gasteiger partial charge in [-0.3, -0.25) is 4.79 Å². The number of hydrogen-bond donors (Lipinski definition) is 0. The molecule has 108 valence electrons. The molecule has 0 saturated heterocycles. The Labute approximate surface area is 139 Å². The van der Waals surface area contributed by atoms with Crippen molar-refractivity contribution in [3.63, 3.8) is 0 Å². The van der Waals surface area contributed by atoms with Crippen LogP contribution >= 0.6 is 50.2 Å². The molecule has 0 aliphatic carbocycles. The summed E-state index contributed by atoms with van der Waals surface area (Å²) in [6.07, 6.45) is 0. The number of aromatic nitrogens is 1. The van der Waals surface area contributed by atoms with Crippen LogP contribution in [0, 0.1) is 0 Å². The number of carbonyl (C=O) groups is 1. The van der Waals surface area contributed by atoms with Crippen molar-refractivity contribution in [2.45, 2.75) is 26.2 Å². The lowest BCUT2D eigenvalue weighted by Gasteiger charge is -2.19. The fourth-order valence-electron chi connectivity index (χ4n) is 1.54. The van der Waals surface area contributed by atoms with E-state index in [9.17, 15) is 4.79 Å². The molecule has 0 bridgehead atoms. The van der Waals surface area contributed by atoms with Crippen LogP contribution < -0.4 is 0 Å². The fraction of sp³-hybridized carbons (Fsp3) is 0.385. The summed E-state index contributed by atoms with van der Waals surface area (Å²) in [5.41, 5.74) is -0.0279. The van der Waals surface area contributed by atoms with E-state index in [1.54, 1.807) is 6.92 Å². The second-order valence-electron chi connectivity index (χ2n) is 4.62. The van der Waals surface area contributed by atoms with E-state index in [1.165, 1.54) is 22.7 Å². The molecule has 20 heavy (non-hydrogen) atoms. The Morgan fingerprint density at radius 2 is 2.25 bits per heavy atom. The molecule has 3 nitrogen and oxygen atoms in total. The summed E-state index contributed by atoms with van der Waals surface area (Å²) >= 11 is 12.4. The van der Waals surface area contributed by atoms with Gasteiger partial charge in [0.1, 0.15) is 14.8 Å². The SMILES string of the molecule is CCOC(=O)C(C)(C)c1csc(-c2cc(Br)c(Cl)s2)n1. The Bertz CT molecular complexity index is 617. The van der Waals surface area contributed by atoms with Crippen LogP contribution in [0.25, 0.3) is 9.88 Å². The van der Waals surface area contributed by atoms with Gasteiger partial charge in [0, 0.05) is 9.85 Å². The quantitative estimate of drug-likeness (QED) is 0.675. The first-order valence-corrected chi connectivity index (χ1v) is 8.81. The van der Waals surface area contributed by atoms with Crippen LogP contribution in [0.5, 0.6) is 0 Å². The van der Waals surface area contributed by atoms with Crippen LogP contribution in [0.15, 0.2) is 15.9 Å². The summed E-state index contributed by atoms with van der Waals surface area (Å²) in [6.45, 7) is 5.81. The van der Waals surface area contributed by atoms with Gasteiger partial charge in [-0.15, -0.1) is 22.7 Å². The second-order valence-corrected chi connectivity index (χ2v) is 7.98. The maximum atomic E-state index is 12.0. The number of halogens is 2. The summed E-state index contributed by atoms with van der Waals surface area (Å²) in [5.74, 6) is -0.262. The molecule has 2 heterocycles. The zero-order valence-electron chi connectivity index (χ0n) is 11.2. The molecule has 0 fully saturated rings. The molecule has 0 unspecified atom stereocenters. The zero-order chi connectivity index (χ0) is 14.9. The third kappa shape index (κ3) is 3.08. The maximum Gasteiger partial charge on any atom is 0.317 e. The smallest absolute Gasteiger partial charge is 0.317 e. The van der Waals surface area contributed by atoms with Gasteiger partial charge in [0.15, 0.2) is 0 Å². The van der Waals surface area contributed by atoms with E-state index in [2.05, 4.69) is 20.9 Å². The molecule has 0 amide bonds. The van der Waals surface area contributed by atoms with E-state index in [0.29, 0.717) is 10.9 Å². The summed E-state index contributed by atoms with van der Waals surface area (Å²) in [6, 6.07) is 1.94. The molecule has 7 heteroatoms. The molecule has 2 aromatic rings. The number of nitrogens with zero attached hydrogens (tertiary/aromatic N) is 1. The van der Waals surface area contributed by atoms with Crippen LogP contribution in [0.2, 0.25) is 4.34 Å². The van der Waals surface area contributed by atoms with Gasteiger partial charge >= 0.3 is 5.97 Å². The van der Waals surface area contributed by atoms with Gasteiger partial charge in [-0.25, -0.2) is 4.98 Å². The van der Waals surface area contributed by atoms with E-state index < -0.39 is 5.41 Å². The minimum atomic E-state index is -0.747. The van der Waals surface area contributed by atoms with Crippen LogP contribution in [-0.2, 0) is 14.9 Å². The molecule has 0 aromatic carbocycles. The second kappa shape index (κ2) is 6.13. The van der Waals surface area contributed by atoms with Crippen LogP contribution in [0.1, 0.15) is 26.5 Å². The number of hydrogen-bond acceptors (Lipinski definition) is 5. The fourth-order valence-corrected chi connectivity index (χ4v) is 4.29. The average molecular weight is 395 g/mol. The molecular formula is C13H13BrClNO2S2. The van der Waals surface area contributed by atoms with Gasteiger partial charge in [-0.1, -0.05) is 11.6 Å². The summed E-state index contributed by atoms with van der Waals surface area (Å²) in [4.78, 5) is 17.5. The Morgan fingerprint density at radius 1 is 1.55 bits per heavy atom. The highest BCUT2D eigenvalue weighted by molar-refractivity contribution is 9.10. The molecule has 0 saturated carbocycles. The number of ether oxygens (including phenoxy) is 1. The predicted octanol–water partition coefficient (Wildman–Crippen LogP) is 5.13. The molecule has 0 aliphatic rings. The van der Waals surface area contributed by atoms with E-state index in [4.69, 9.17) is 16.3 Å². The monoisotopic (exact) mass is 393 g/mol. The van der Waals surface area contributed by atoms with Crippen molar-refractivity contribution < 1.29 is 9.53 Å². The van der Waals surface area contributed by atoms with Gasteiger partial charge in [0.2, 0.25) is 0 Å². The lowest BCUT2D eigenvalue weighted by Crippen LogP contribution is -2.31. The molecule has 0 radical (unpaired) electrons. The van der Waals surface area contributed by atoms with Gasteiger partial charge in [-0.2, -0.15) is 0 Å². The van der Waals surface area contributed by atoms with Crippen molar-refractivity contribution in [2.24, 2.45) is 0 Å². The molecule has 2 aromatic heterocycles. The lowest BCUT2D eigenvalue weighted by atomic mass is 9.90. The topological polar surface area (TPSA) is 39.2 Å². The lowest BCUT2D eigenvalue weighted by molar-refractivity contribution is -0.148. The molecule has 0 atom stereocenters. The maximum absolute atomic E-state index is 12.0. The summed E-state index contributed by atoms with van der Waals surface area (Å²) < 4.78 is 6.66. The van der Waals surface area contributed by atoms with Gasteiger partial charge in [-0.05, 0) is 42.8 Å². The third-order valence-corrected chi connectivity index (χ3v) is 6.27. The van der Waals surface area contributed by atoms with Crippen LogP contribution in [0.3, 0.4) is 0 Å². The number of carbonyl (C=O) groups excluding carboxylic acids is 1. The van der Waals surface area contributed by atoms with Crippen molar-refractivity contribution in [1.29, 1.82) is 0 Å². The first-order chi connectivity index (χ1) is 9.36. The zero-order valence-corrected chi connectivity index (χ0v) is 15.2. The normalized spacial score (nSPS) is 11.7. The molecule has 0 N–H and O–H groups in total. The first-order valence-electron chi connectivity index (χ1n) is 5.94. The van der Waals surface area contributed by atoms with Crippen molar-refractivity contribution in [1.82, 2.24) is 4.98 Å². The number of thiazole rings is 1. The number of esters is 1. The molecule has 2 rings (SSSR count). The Hall–Kier alpha value is -0.430. The minimum Gasteiger partial charge on any atom is -0.465 e. The van der Waals surface area contributed by atoms with E-state index in [0.717, 1.165) is 20.1 Å². The van der Waals surface area contributed by atoms with Gasteiger partial charge in [0.05, 0.1) is 17.2 Å².